The van der Waals surface area contributed by atoms with Gasteiger partial charge in [0.15, 0.2) is 5.76 Å². The number of carbonyl (C=O) groups is 1. The lowest BCUT2D eigenvalue weighted by atomic mass is 10.2. The second-order valence-corrected chi connectivity index (χ2v) is 6.16. The number of furan rings is 1. The van der Waals surface area contributed by atoms with E-state index in [0.29, 0.717) is 12.3 Å². The first-order chi connectivity index (χ1) is 9.74. The van der Waals surface area contributed by atoms with Gasteiger partial charge >= 0.3 is 0 Å². The van der Waals surface area contributed by atoms with Gasteiger partial charge in [-0.25, -0.2) is 0 Å². The number of amides is 1. The topological polar surface area (TPSA) is 46.3 Å². The van der Waals surface area contributed by atoms with Gasteiger partial charge in [-0.15, -0.1) is 0 Å². The molecule has 1 amide bonds. The van der Waals surface area contributed by atoms with Gasteiger partial charge in [0.05, 0.1) is 17.6 Å². The van der Waals surface area contributed by atoms with E-state index in [1.54, 1.807) is 17.4 Å². The van der Waals surface area contributed by atoms with Crippen LogP contribution in [-0.2, 0) is 19.3 Å². The molecular formula is C15H13BrN2O2. The van der Waals surface area contributed by atoms with Crippen molar-refractivity contribution in [2.75, 3.05) is 11.4 Å². The van der Waals surface area contributed by atoms with Crippen LogP contribution in [-0.4, -0.2) is 17.4 Å². The Kier molecular flexibility index (Phi) is 2.70. The Morgan fingerprint density at radius 1 is 1.35 bits per heavy atom. The standard InChI is InChI=1S/C15H13BrN2O2/c16-10-6-13-12(17-7-10)4-5-18(13)15(19)14-11-3-1-2-9(11)8-20-14/h6-8H,1-5H2. The molecule has 0 saturated carbocycles. The Morgan fingerprint density at radius 2 is 2.25 bits per heavy atom. The Balaban J connectivity index is 1.73. The third kappa shape index (κ3) is 1.73. The van der Waals surface area contributed by atoms with E-state index in [-0.39, 0.29) is 5.91 Å². The molecule has 0 radical (unpaired) electrons. The predicted molar refractivity (Wildman–Crippen MR) is 78.1 cm³/mol. The van der Waals surface area contributed by atoms with Crippen LogP contribution in [0.2, 0.25) is 0 Å². The van der Waals surface area contributed by atoms with Crippen LogP contribution in [0.3, 0.4) is 0 Å². The molecule has 4 nitrogen and oxygen atoms in total. The van der Waals surface area contributed by atoms with E-state index in [1.165, 1.54) is 5.56 Å². The van der Waals surface area contributed by atoms with Crippen molar-refractivity contribution in [3.05, 3.63) is 45.6 Å². The van der Waals surface area contributed by atoms with E-state index in [2.05, 4.69) is 20.9 Å². The summed E-state index contributed by atoms with van der Waals surface area (Å²) in [5.74, 6) is 0.483. The maximum absolute atomic E-state index is 12.7. The first kappa shape index (κ1) is 12.1. The number of carbonyl (C=O) groups excluding carboxylic acids is 1. The summed E-state index contributed by atoms with van der Waals surface area (Å²) in [5.41, 5.74) is 4.17. The lowest BCUT2D eigenvalue weighted by molar-refractivity contribution is 0.0961. The van der Waals surface area contributed by atoms with Crippen LogP contribution in [0.5, 0.6) is 0 Å². The molecule has 20 heavy (non-hydrogen) atoms. The molecule has 0 aromatic carbocycles. The second kappa shape index (κ2) is 4.45. The molecule has 2 aromatic rings. The highest BCUT2D eigenvalue weighted by Crippen LogP contribution is 2.33. The van der Waals surface area contributed by atoms with Crippen LogP contribution in [0.1, 0.15) is 33.8 Å². The Bertz CT molecular complexity index is 708. The van der Waals surface area contributed by atoms with Gasteiger partial charge in [0.2, 0.25) is 0 Å². The Hall–Kier alpha value is -1.62. The van der Waals surface area contributed by atoms with Crippen molar-refractivity contribution in [3.8, 4) is 0 Å². The zero-order valence-corrected chi connectivity index (χ0v) is 12.4. The lowest BCUT2D eigenvalue weighted by Gasteiger charge is -2.16. The summed E-state index contributed by atoms with van der Waals surface area (Å²) >= 11 is 3.42. The van der Waals surface area contributed by atoms with E-state index in [0.717, 1.165) is 47.1 Å². The molecular weight excluding hydrogens is 320 g/mol. The SMILES string of the molecule is O=C(c1occ2c1CCC2)N1CCc2ncc(Br)cc21. The van der Waals surface area contributed by atoms with Gasteiger partial charge in [-0.2, -0.15) is 0 Å². The second-order valence-electron chi connectivity index (χ2n) is 5.25. The number of nitrogens with zero attached hydrogens (tertiary/aromatic N) is 2. The van der Waals surface area contributed by atoms with Gasteiger partial charge in [0.1, 0.15) is 0 Å². The number of aryl methyl sites for hydroxylation is 1. The number of aromatic nitrogens is 1. The van der Waals surface area contributed by atoms with E-state index in [4.69, 9.17) is 4.42 Å². The Labute approximate surface area is 124 Å². The van der Waals surface area contributed by atoms with Crippen LogP contribution in [0, 0.1) is 0 Å². The van der Waals surface area contributed by atoms with E-state index < -0.39 is 0 Å². The monoisotopic (exact) mass is 332 g/mol. The third-order valence-corrected chi connectivity index (χ3v) is 4.50. The number of hydrogen-bond acceptors (Lipinski definition) is 3. The quantitative estimate of drug-likeness (QED) is 0.805. The Morgan fingerprint density at radius 3 is 3.15 bits per heavy atom. The molecule has 0 saturated heterocycles. The molecule has 0 spiro atoms. The highest BCUT2D eigenvalue weighted by atomic mass is 79.9. The largest absolute Gasteiger partial charge is 0.459 e. The number of anilines is 1. The van der Waals surface area contributed by atoms with Gasteiger partial charge in [-0.3, -0.25) is 9.78 Å². The molecule has 1 aliphatic carbocycles. The van der Waals surface area contributed by atoms with E-state index >= 15 is 0 Å². The predicted octanol–water partition coefficient (Wildman–Crippen LogP) is 3.13. The minimum atomic E-state index is -0.0354. The van der Waals surface area contributed by atoms with Crippen molar-refractivity contribution < 1.29 is 9.21 Å². The molecule has 4 rings (SSSR count). The van der Waals surface area contributed by atoms with Crippen molar-refractivity contribution >= 4 is 27.5 Å². The summed E-state index contributed by atoms with van der Waals surface area (Å²) in [6.07, 6.45) is 7.41. The van der Waals surface area contributed by atoms with Crippen molar-refractivity contribution in [1.29, 1.82) is 0 Å². The fourth-order valence-corrected chi connectivity index (χ4v) is 3.41. The smallest absolute Gasteiger partial charge is 0.294 e. The molecule has 0 fully saturated rings. The number of pyridine rings is 1. The molecule has 0 unspecified atom stereocenters. The minimum Gasteiger partial charge on any atom is -0.459 e. The highest BCUT2D eigenvalue weighted by Gasteiger charge is 2.32. The van der Waals surface area contributed by atoms with Crippen LogP contribution in [0.25, 0.3) is 0 Å². The third-order valence-electron chi connectivity index (χ3n) is 4.07. The van der Waals surface area contributed by atoms with Crippen molar-refractivity contribution in [2.45, 2.75) is 25.7 Å². The molecule has 0 atom stereocenters. The fraction of sp³-hybridized carbons (Fsp3) is 0.333. The fourth-order valence-electron chi connectivity index (χ4n) is 3.09. The van der Waals surface area contributed by atoms with Gasteiger partial charge < -0.3 is 9.32 Å². The summed E-state index contributed by atoms with van der Waals surface area (Å²) in [6.45, 7) is 0.674. The molecule has 102 valence electrons. The van der Waals surface area contributed by atoms with Gasteiger partial charge in [0.25, 0.3) is 5.91 Å². The van der Waals surface area contributed by atoms with Crippen molar-refractivity contribution in [1.82, 2.24) is 4.98 Å². The summed E-state index contributed by atoms with van der Waals surface area (Å²) in [6, 6.07) is 1.95. The molecule has 0 N–H and O–H groups in total. The summed E-state index contributed by atoms with van der Waals surface area (Å²) < 4.78 is 6.42. The molecule has 3 heterocycles. The number of fused-ring (bicyclic) bond motifs is 2. The van der Waals surface area contributed by atoms with Crippen LogP contribution < -0.4 is 4.90 Å². The molecule has 2 aliphatic rings. The maximum Gasteiger partial charge on any atom is 0.294 e. The zero-order chi connectivity index (χ0) is 13.7. The minimum absolute atomic E-state index is 0.0354. The zero-order valence-electron chi connectivity index (χ0n) is 10.9. The van der Waals surface area contributed by atoms with Crippen LogP contribution >= 0.6 is 15.9 Å². The lowest BCUT2D eigenvalue weighted by Crippen LogP contribution is -2.29. The molecule has 1 aliphatic heterocycles. The van der Waals surface area contributed by atoms with Gasteiger partial charge in [-0.1, -0.05) is 0 Å². The highest BCUT2D eigenvalue weighted by molar-refractivity contribution is 9.10. The first-order valence-electron chi connectivity index (χ1n) is 6.79. The van der Waals surface area contributed by atoms with Crippen molar-refractivity contribution in [3.63, 3.8) is 0 Å². The van der Waals surface area contributed by atoms with Crippen LogP contribution in [0.4, 0.5) is 5.69 Å². The summed E-state index contributed by atoms with van der Waals surface area (Å²) in [5, 5.41) is 0. The number of rotatable bonds is 1. The number of halogens is 1. The first-order valence-corrected chi connectivity index (χ1v) is 7.59. The normalized spacial score (nSPS) is 16.4. The van der Waals surface area contributed by atoms with E-state index in [1.807, 2.05) is 6.07 Å². The summed E-state index contributed by atoms with van der Waals surface area (Å²) in [4.78, 5) is 18.9. The van der Waals surface area contributed by atoms with Gasteiger partial charge in [0, 0.05) is 29.2 Å². The summed E-state index contributed by atoms with van der Waals surface area (Å²) in [7, 11) is 0. The average Bonchev–Trinajstić information content (AvgIpc) is 3.12. The number of hydrogen-bond donors (Lipinski definition) is 0. The molecule has 5 heteroatoms. The average molecular weight is 333 g/mol. The van der Waals surface area contributed by atoms with Crippen molar-refractivity contribution in [2.24, 2.45) is 0 Å². The van der Waals surface area contributed by atoms with E-state index in [9.17, 15) is 4.79 Å². The maximum atomic E-state index is 12.7. The molecule has 0 bridgehead atoms. The van der Waals surface area contributed by atoms with Crippen LogP contribution in [0.15, 0.2) is 27.4 Å². The van der Waals surface area contributed by atoms with Gasteiger partial charge in [-0.05, 0) is 46.8 Å². The molecule has 2 aromatic heterocycles.